The van der Waals surface area contributed by atoms with Crippen molar-refractivity contribution in [2.75, 3.05) is 16.8 Å². The molecule has 1 aromatic heterocycles. The summed E-state index contributed by atoms with van der Waals surface area (Å²) >= 11 is 4.30. The number of amides is 1. The standard InChI is InChI=1S/C14H16N4O3S3/c1-4-22-13-16-17-14(24-13)23-7-11(19)15-12-9(3)8(2)5-6-10(12)18(20)21/h5-6H,4,7H2,1-3H3,(H,15,19). The van der Waals surface area contributed by atoms with E-state index in [-0.39, 0.29) is 23.0 Å². The average molecular weight is 385 g/mol. The molecule has 0 saturated heterocycles. The van der Waals surface area contributed by atoms with E-state index in [2.05, 4.69) is 15.5 Å². The summed E-state index contributed by atoms with van der Waals surface area (Å²) < 4.78 is 1.57. The first-order valence-corrected chi connectivity index (χ1v) is 9.84. The van der Waals surface area contributed by atoms with Crippen molar-refractivity contribution in [2.45, 2.75) is 29.5 Å². The number of nitrogens with one attached hydrogen (secondary N) is 1. The minimum Gasteiger partial charge on any atom is -0.319 e. The summed E-state index contributed by atoms with van der Waals surface area (Å²) in [4.78, 5) is 22.8. The molecule has 0 unspecified atom stereocenters. The molecule has 0 fully saturated rings. The molecule has 1 aromatic carbocycles. The van der Waals surface area contributed by atoms with Crippen molar-refractivity contribution in [3.63, 3.8) is 0 Å². The molecule has 1 N–H and O–H groups in total. The largest absolute Gasteiger partial charge is 0.319 e. The van der Waals surface area contributed by atoms with Gasteiger partial charge in [0.05, 0.1) is 10.7 Å². The van der Waals surface area contributed by atoms with E-state index < -0.39 is 4.92 Å². The molecule has 2 aromatic rings. The molecular weight excluding hydrogens is 368 g/mol. The summed E-state index contributed by atoms with van der Waals surface area (Å²) in [6.07, 6.45) is 0. The number of carbonyl (C=O) groups is 1. The van der Waals surface area contributed by atoms with Crippen molar-refractivity contribution < 1.29 is 9.72 Å². The van der Waals surface area contributed by atoms with Crippen LogP contribution in [0.4, 0.5) is 11.4 Å². The molecule has 0 radical (unpaired) electrons. The van der Waals surface area contributed by atoms with Gasteiger partial charge in [0.1, 0.15) is 5.69 Å². The number of anilines is 1. The van der Waals surface area contributed by atoms with Crippen LogP contribution in [0, 0.1) is 24.0 Å². The van der Waals surface area contributed by atoms with Gasteiger partial charge in [0.2, 0.25) is 5.91 Å². The van der Waals surface area contributed by atoms with Crippen molar-refractivity contribution in [3.05, 3.63) is 33.4 Å². The monoisotopic (exact) mass is 384 g/mol. The molecule has 0 aliphatic rings. The summed E-state index contributed by atoms with van der Waals surface area (Å²) in [5, 5.41) is 21.8. The summed E-state index contributed by atoms with van der Waals surface area (Å²) in [6, 6.07) is 3.08. The Bertz CT molecular complexity index is 764. The molecule has 7 nitrogen and oxygen atoms in total. The highest BCUT2D eigenvalue weighted by atomic mass is 32.2. The van der Waals surface area contributed by atoms with Gasteiger partial charge in [-0.2, -0.15) is 0 Å². The average Bonchev–Trinajstić information content (AvgIpc) is 2.98. The molecule has 0 aliphatic heterocycles. The molecule has 24 heavy (non-hydrogen) atoms. The number of aryl methyl sites for hydroxylation is 1. The van der Waals surface area contributed by atoms with Crippen LogP contribution in [0.2, 0.25) is 0 Å². The summed E-state index contributed by atoms with van der Waals surface area (Å²) in [5.41, 5.74) is 1.73. The number of hydrogen-bond acceptors (Lipinski definition) is 8. The van der Waals surface area contributed by atoms with Crippen molar-refractivity contribution in [3.8, 4) is 0 Å². The fourth-order valence-electron chi connectivity index (χ4n) is 1.85. The molecule has 0 saturated carbocycles. The van der Waals surface area contributed by atoms with Gasteiger partial charge in [-0.05, 0) is 30.7 Å². The zero-order chi connectivity index (χ0) is 17.7. The van der Waals surface area contributed by atoms with Crippen LogP contribution in [0.15, 0.2) is 20.8 Å². The van der Waals surface area contributed by atoms with Crippen LogP contribution in [0.5, 0.6) is 0 Å². The normalized spacial score (nSPS) is 10.6. The topological polar surface area (TPSA) is 98.0 Å². The van der Waals surface area contributed by atoms with Crippen LogP contribution in [0.3, 0.4) is 0 Å². The fraction of sp³-hybridized carbons (Fsp3) is 0.357. The van der Waals surface area contributed by atoms with Crippen molar-refractivity contribution >= 4 is 52.1 Å². The Morgan fingerprint density at radius 2 is 1.96 bits per heavy atom. The number of rotatable bonds is 7. The minimum absolute atomic E-state index is 0.103. The molecule has 1 heterocycles. The number of nitro groups is 1. The van der Waals surface area contributed by atoms with Crippen molar-refractivity contribution in [1.82, 2.24) is 10.2 Å². The third-order valence-electron chi connectivity index (χ3n) is 3.16. The molecule has 128 valence electrons. The maximum atomic E-state index is 12.2. The number of carbonyl (C=O) groups excluding carboxylic acids is 1. The first-order chi connectivity index (χ1) is 11.4. The highest BCUT2D eigenvalue weighted by molar-refractivity contribution is 8.03. The quantitative estimate of drug-likeness (QED) is 0.439. The Kier molecular flexibility index (Phi) is 6.58. The lowest BCUT2D eigenvalue weighted by Gasteiger charge is -2.10. The SMILES string of the molecule is CCSc1nnc(SCC(=O)Nc2c([N+](=O)[O-])ccc(C)c2C)s1. The molecule has 0 spiro atoms. The highest BCUT2D eigenvalue weighted by Gasteiger charge is 2.19. The van der Waals surface area contributed by atoms with Crippen LogP contribution in [0.1, 0.15) is 18.1 Å². The molecule has 1 amide bonds. The van der Waals surface area contributed by atoms with Crippen LogP contribution >= 0.6 is 34.9 Å². The lowest BCUT2D eigenvalue weighted by molar-refractivity contribution is -0.384. The van der Waals surface area contributed by atoms with Gasteiger partial charge >= 0.3 is 0 Å². The molecule has 2 rings (SSSR count). The van der Waals surface area contributed by atoms with Gasteiger partial charge in [-0.25, -0.2) is 0 Å². The number of hydrogen-bond donors (Lipinski definition) is 1. The van der Waals surface area contributed by atoms with Crippen LogP contribution in [-0.4, -0.2) is 32.5 Å². The van der Waals surface area contributed by atoms with E-state index in [1.165, 1.54) is 29.2 Å². The van der Waals surface area contributed by atoms with E-state index in [9.17, 15) is 14.9 Å². The van der Waals surface area contributed by atoms with Gasteiger partial charge in [-0.3, -0.25) is 14.9 Å². The predicted molar refractivity (Wildman–Crippen MR) is 98.2 cm³/mol. The molecule has 0 atom stereocenters. The first-order valence-electron chi connectivity index (χ1n) is 7.06. The number of nitrogens with zero attached hydrogens (tertiary/aromatic N) is 3. The zero-order valence-electron chi connectivity index (χ0n) is 13.4. The molecule has 10 heteroatoms. The maximum Gasteiger partial charge on any atom is 0.293 e. The van der Waals surface area contributed by atoms with Gasteiger partial charge in [0.15, 0.2) is 8.68 Å². The van der Waals surface area contributed by atoms with E-state index in [4.69, 9.17) is 0 Å². The van der Waals surface area contributed by atoms with Gasteiger partial charge in [0.25, 0.3) is 5.69 Å². The van der Waals surface area contributed by atoms with Gasteiger partial charge < -0.3 is 5.32 Å². The first kappa shape index (κ1) is 18.7. The second kappa shape index (κ2) is 8.45. The summed E-state index contributed by atoms with van der Waals surface area (Å²) in [6.45, 7) is 5.63. The van der Waals surface area contributed by atoms with Crippen molar-refractivity contribution in [2.24, 2.45) is 0 Å². The van der Waals surface area contributed by atoms with Gasteiger partial charge in [-0.1, -0.05) is 47.9 Å². The van der Waals surface area contributed by atoms with Crippen molar-refractivity contribution in [1.29, 1.82) is 0 Å². The third-order valence-corrected chi connectivity index (χ3v) is 6.23. The lowest BCUT2D eigenvalue weighted by Crippen LogP contribution is -2.16. The minimum atomic E-state index is -0.492. The predicted octanol–water partition coefficient (Wildman–Crippen LogP) is 3.91. The van der Waals surface area contributed by atoms with E-state index in [0.717, 1.165) is 15.7 Å². The molecule has 0 bridgehead atoms. The lowest BCUT2D eigenvalue weighted by atomic mass is 10.1. The number of aromatic nitrogens is 2. The number of benzene rings is 1. The van der Waals surface area contributed by atoms with Gasteiger partial charge in [-0.15, -0.1) is 10.2 Å². The second-order valence-corrected chi connectivity index (χ2v) is 8.47. The molecule has 0 aliphatic carbocycles. The van der Waals surface area contributed by atoms with Crippen LogP contribution in [-0.2, 0) is 4.79 Å². The smallest absolute Gasteiger partial charge is 0.293 e. The van der Waals surface area contributed by atoms with E-state index >= 15 is 0 Å². The summed E-state index contributed by atoms with van der Waals surface area (Å²) in [5.74, 6) is 0.725. The maximum absolute atomic E-state index is 12.2. The fourth-order valence-corrected chi connectivity index (χ4v) is 4.57. The molecular formula is C14H16N4O3S3. The highest BCUT2D eigenvalue weighted by Crippen LogP contribution is 2.31. The zero-order valence-corrected chi connectivity index (χ0v) is 15.8. The number of nitro benzene ring substituents is 1. The Balaban J connectivity index is 2.04. The van der Waals surface area contributed by atoms with Gasteiger partial charge in [0, 0.05) is 6.07 Å². The number of thioether (sulfide) groups is 2. The Labute approximate surface area is 151 Å². The van der Waals surface area contributed by atoms with E-state index in [1.54, 1.807) is 24.8 Å². The Morgan fingerprint density at radius 1 is 1.29 bits per heavy atom. The second-order valence-electron chi connectivity index (χ2n) is 4.76. The Hall–Kier alpha value is -1.65. The Morgan fingerprint density at radius 3 is 2.58 bits per heavy atom. The van der Waals surface area contributed by atoms with E-state index in [0.29, 0.717) is 9.90 Å². The van der Waals surface area contributed by atoms with Crippen LogP contribution in [0.25, 0.3) is 0 Å². The van der Waals surface area contributed by atoms with E-state index in [1.807, 2.05) is 13.8 Å². The van der Waals surface area contributed by atoms with Crippen LogP contribution < -0.4 is 5.32 Å². The summed E-state index contributed by atoms with van der Waals surface area (Å²) in [7, 11) is 0. The third kappa shape index (κ3) is 4.68.